The van der Waals surface area contributed by atoms with E-state index >= 15 is 0 Å². The molecule has 6 aromatic heterocycles. The topological polar surface area (TPSA) is 53.7 Å². The van der Waals surface area contributed by atoms with Gasteiger partial charge in [0.2, 0.25) is 5.95 Å². The molecule has 0 spiro atoms. The summed E-state index contributed by atoms with van der Waals surface area (Å²) in [5.74, 6) is 0.614. The predicted molar refractivity (Wildman–Crippen MR) is 347 cm³/mol. The Hall–Kier alpha value is -10.9. The minimum atomic E-state index is 0.614. The van der Waals surface area contributed by atoms with Crippen LogP contribution in [-0.4, -0.2) is 23.7 Å². The molecule has 18 aromatic rings. The zero-order valence-corrected chi connectivity index (χ0v) is 45.3. The summed E-state index contributed by atoms with van der Waals surface area (Å²) in [6.07, 6.45) is 0. The fourth-order valence-corrected chi connectivity index (χ4v) is 14.4. The van der Waals surface area contributed by atoms with Crippen LogP contribution >= 0.6 is 11.3 Å². The molecule has 0 aliphatic heterocycles. The lowest BCUT2D eigenvalue weighted by Crippen LogP contribution is -2.04. The van der Waals surface area contributed by atoms with E-state index in [1.165, 1.54) is 36.3 Å². The summed E-state index contributed by atoms with van der Waals surface area (Å²) in [4.78, 5) is 10.9. The Morgan fingerprint density at radius 2 is 0.711 bits per heavy atom. The van der Waals surface area contributed by atoms with Crippen molar-refractivity contribution in [2.75, 3.05) is 0 Å². The van der Waals surface area contributed by atoms with Crippen molar-refractivity contribution in [1.82, 2.24) is 23.7 Å². The molecule has 18 rings (SSSR count). The van der Waals surface area contributed by atoms with Gasteiger partial charge in [0.25, 0.3) is 0 Å². The van der Waals surface area contributed by atoms with Crippen LogP contribution in [0.4, 0.5) is 0 Å². The first-order valence-electron chi connectivity index (χ1n) is 28.1. The molecule has 6 nitrogen and oxygen atoms in total. The average Bonchev–Trinajstić information content (AvgIpc) is 3.13. The molecule has 0 fully saturated rings. The number of aromatic nitrogens is 5. The molecule has 386 valence electrons. The highest BCUT2D eigenvalue weighted by molar-refractivity contribution is 7.26. The van der Waals surface area contributed by atoms with E-state index in [4.69, 9.17) is 14.4 Å². The summed E-state index contributed by atoms with van der Waals surface area (Å²) in [5.41, 5.74) is 19.1. The van der Waals surface area contributed by atoms with E-state index in [1.807, 2.05) is 0 Å². The van der Waals surface area contributed by atoms with Gasteiger partial charge in [0.1, 0.15) is 5.58 Å². The zero-order chi connectivity index (χ0) is 54.3. The first-order chi connectivity index (χ1) is 41.1. The maximum Gasteiger partial charge on any atom is 0.235 e. The zero-order valence-electron chi connectivity index (χ0n) is 44.5. The molecule has 0 aliphatic carbocycles. The lowest BCUT2D eigenvalue weighted by Gasteiger charge is -2.12. The minimum Gasteiger partial charge on any atom is -0.455 e. The molecule has 0 aliphatic rings. The number of hydrogen-bond acceptors (Lipinski definition) is 4. The Balaban J connectivity index is 0.853. The monoisotopic (exact) mass is 1080 g/mol. The normalized spacial score (nSPS) is 12.1. The van der Waals surface area contributed by atoms with E-state index in [0.717, 1.165) is 127 Å². The molecule has 0 N–H and O–H groups in total. The van der Waals surface area contributed by atoms with Gasteiger partial charge in [0.05, 0.1) is 49.2 Å². The van der Waals surface area contributed by atoms with Crippen LogP contribution in [0.5, 0.6) is 0 Å². The van der Waals surface area contributed by atoms with E-state index in [1.54, 1.807) is 11.3 Å². The second kappa shape index (κ2) is 17.8. The fourth-order valence-electron chi connectivity index (χ4n) is 13.2. The molecular weight excluding hydrogens is 1030 g/mol. The lowest BCUT2D eigenvalue weighted by molar-refractivity contribution is 0.673. The van der Waals surface area contributed by atoms with Gasteiger partial charge >= 0.3 is 0 Å². The smallest absolute Gasteiger partial charge is 0.235 e. The van der Waals surface area contributed by atoms with Gasteiger partial charge in [0, 0.05) is 81.1 Å². The molecule has 0 saturated heterocycles. The van der Waals surface area contributed by atoms with Crippen molar-refractivity contribution < 1.29 is 4.42 Å². The summed E-state index contributed by atoms with van der Waals surface area (Å²) < 4.78 is 16.3. The Bertz CT molecular complexity index is 5620. The number of nitrogens with zero attached hydrogens (tertiary/aromatic N) is 5. The van der Waals surface area contributed by atoms with E-state index in [9.17, 15) is 0 Å². The van der Waals surface area contributed by atoms with Gasteiger partial charge in [0.15, 0.2) is 5.58 Å². The minimum absolute atomic E-state index is 0.614. The average molecular weight is 1080 g/mol. The first-order valence-corrected chi connectivity index (χ1v) is 28.9. The SMILES string of the molecule is c1ccc(-c2cc(-c3ccccc3)nc(-n3c4ccc(-c5ccc6c(c5)c5cc(-c7ccc8oc9c(ccc%10c%11ccccc%11sc%109)c8c7)ccc5n6-c5ccccc5)cc4c4cc5c(cc43)c3ccccc3n5-c3ccccc3)n2)cc1. The molecule has 7 heteroatoms. The number of hydrogen-bond donors (Lipinski definition) is 0. The molecular formula is C76H45N5OS. The first kappa shape index (κ1) is 45.9. The number of para-hydroxylation sites is 3. The maximum atomic E-state index is 6.69. The summed E-state index contributed by atoms with van der Waals surface area (Å²) in [7, 11) is 0. The van der Waals surface area contributed by atoms with Crippen molar-refractivity contribution >= 4 is 119 Å². The molecule has 6 heterocycles. The number of fused-ring (bicyclic) bond motifs is 16. The lowest BCUT2D eigenvalue weighted by atomic mass is 9.98. The van der Waals surface area contributed by atoms with Crippen LogP contribution < -0.4 is 0 Å². The van der Waals surface area contributed by atoms with Crippen LogP contribution in [0, 0.1) is 0 Å². The molecule has 0 amide bonds. The Morgan fingerprint density at radius 1 is 0.277 bits per heavy atom. The highest BCUT2D eigenvalue weighted by Gasteiger charge is 2.23. The van der Waals surface area contributed by atoms with Gasteiger partial charge in [-0.05, 0) is 131 Å². The molecule has 0 saturated carbocycles. The molecule has 83 heavy (non-hydrogen) atoms. The van der Waals surface area contributed by atoms with Crippen LogP contribution in [0.1, 0.15) is 0 Å². The van der Waals surface area contributed by atoms with Gasteiger partial charge < -0.3 is 13.6 Å². The van der Waals surface area contributed by atoms with Crippen molar-refractivity contribution in [3.05, 3.63) is 273 Å². The van der Waals surface area contributed by atoms with Crippen molar-refractivity contribution in [3.63, 3.8) is 0 Å². The standard InChI is InChI=1S/C76H45N5OS/c1-5-17-46(18-6-1)64-45-65(47-19-7-2-8-20-47)78-76(77-64)81-69-37-31-49(41-60(69)62-44-70-61(43-71(62)81)54-25-13-15-27-66(54)80(70)53-23-11-4-12-24-53)48-29-35-67-58(39-48)59-40-50(30-36-68(59)79(67)52-21-9-3-10-22-52)51-32-38-72-63(42-51)56-33-34-57-55-26-14-16-28-73(55)83-75(57)74(56)82-72/h1-45H. The Kier molecular flexibility index (Phi) is 9.87. The van der Waals surface area contributed by atoms with Crippen molar-refractivity contribution in [2.45, 2.75) is 0 Å². The third kappa shape index (κ3) is 7.02. The summed E-state index contributed by atoms with van der Waals surface area (Å²) in [6, 6.07) is 98.6. The van der Waals surface area contributed by atoms with Gasteiger partial charge in [-0.1, -0.05) is 164 Å². The second-order valence-electron chi connectivity index (χ2n) is 21.7. The quantitative estimate of drug-likeness (QED) is 0.160. The number of benzene rings is 12. The predicted octanol–water partition coefficient (Wildman–Crippen LogP) is 20.7. The van der Waals surface area contributed by atoms with Crippen molar-refractivity contribution in [2.24, 2.45) is 0 Å². The third-order valence-corrected chi connectivity index (χ3v) is 18.2. The number of furan rings is 1. The molecule has 0 unspecified atom stereocenters. The van der Waals surface area contributed by atoms with Crippen LogP contribution in [0.25, 0.3) is 170 Å². The third-order valence-electron chi connectivity index (χ3n) is 17.1. The summed E-state index contributed by atoms with van der Waals surface area (Å²) >= 11 is 1.81. The van der Waals surface area contributed by atoms with Crippen molar-refractivity contribution in [3.8, 4) is 62.1 Å². The van der Waals surface area contributed by atoms with Crippen LogP contribution in [0.15, 0.2) is 277 Å². The fraction of sp³-hybridized carbons (Fsp3) is 0. The highest BCUT2D eigenvalue weighted by atomic mass is 32.1. The molecule has 0 radical (unpaired) electrons. The van der Waals surface area contributed by atoms with E-state index in [2.05, 4.69) is 287 Å². The van der Waals surface area contributed by atoms with Gasteiger partial charge in [-0.2, -0.15) is 0 Å². The van der Waals surface area contributed by atoms with Gasteiger partial charge in [-0.15, -0.1) is 11.3 Å². The summed E-state index contributed by atoms with van der Waals surface area (Å²) in [5, 5.41) is 11.7. The number of rotatable bonds is 7. The number of thiophene rings is 1. The molecule has 0 atom stereocenters. The van der Waals surface area contributed by atoms with E-state index < -0.39 is 0 Å². The van der Waals surface area contributed by atoms with Crippen LogP contribution in [0.2, 0.25) is 0 Å². The van der Waals surface area contributed by atoms with Crippen LogP contribution in [-0.2, 0) is 0 Å². The van der Waals surface area contributed by atoms with Crippen LogP contribution in [0.3, 0.4) is 0 Å². The second-order valence-corrected chi connectivity index (χ2v) is 22.7. The Morgan fingerprint density at radius 3 is 1.31 bits per heavy atom. The highest BCUT2D eigenvalue weighted by Crippen LogP contribution is 2.45. The molecule has 0 bridgehead atoms. The molecule has 12 aromatic carbocycles. The van der Waals surface area contributed by atoms with Gasteiger partial charge in [-0.3, -0.25) is 4.57 Å². The van der Waals surface area contributed by atoms with E-state index in [0.29, 0.717) is 5.95 Å². The largest absolute Gasteiger partial charge is 0.455 e. The maximum absolute atomic E-state index is 6.69. The summed E-state index contributed by atoms with van der Waals surface area (Å²) in [6.45, 7) is 0. The van der Waals surface area contributed by atoms with Crippen molar-refractivity contribution in [1.29, 1.82) is 0 Å². The van der Waals surface area contributed by atoms with E-state index in [-0.39, 0.29) is 0 Å². The van der Waals surface area contributed by atoms with Gasteiger partial charge in [-0.25, -0.2) is 9.97 Å². The Labute approximate surface area is 479 Å².